The Morgan fingerprint density at radius 3 is 2.38 bits per heavy atom. The molecule has 0 fully saturated rings. The fraction of sp³-hybridized carbons (Fsp3) is 0.667. The lowest BCUT2D eigenvalue weighted by Crippen LogP contribution is -2.34. The Kier molecular flexibility index (Phi) is 3.59. The summed E-state index contributed by atoms with van der Waals surface area (Å²) in [6, 6.07) is -1.42. The first-order valence-electron chi connectivity index (χ1n) is 4.65. The molecule has 7 heteroatoms. The number of hydrogen-bond donors (Lipinski definition) is 2. The minimum absolute atomic E-state index is 0.233. The third kappa shape index (κ3) is 2.96. The Morgan fingerprint density at radius 2 is 2.00 bits per heavy atom. The third-order valence-corrected chi connectivity index (χ3v) is 2.26. The molecule has 4 nitrogen and oxygen atoms in total. The summed E-state index contributed by atoms with van der Waals surface area (Å²) < 4.78 is 41.0. The molecule has 2 unspecified atom stereocenters. The molecular formula is C9H13F3N2O2. The molecule has 1 aromatic rings. The first-order valence-corrected chi connectivity index (χ1v) is 4.65. The van der Waals surface area contributed by atoms with Crippen molar-refractivity contribution in [3.05, 3.63) is 17.0 Å². The predicted molar refractivity (Wildman–Crippen MR) is 49.6 cm³/mol. The van der Waals surface area contributed by atoms with Crippen molar-refractivity contribution in [2.24, 2.45) is 5.73 Å². The zero-order valence-electron chi connectivity index (χ0n) is 8.88. The number of rotatable bonds is 3. The van der Waals surface area contributed by atoms with Gasteiger partial charge in [-0.2, -0.15) is 13.2 Å². The summed E-state index contributed by atoms with van der Waals surface area (Å²) in [5.41, 5.74) is 5.88. The van der Waals surface area contributed by atoms with Crippen LogP contribution in [0.4, 0.5) is 13.2 Å². The number of aliphatic hydroxyl groups is 1. The van der Waals surface area contributed by atoms with Crippen molar-refractivity contribution < 1.29 is 22.8 Å². The molecule has 92 valence electrons. The molecule has 0 amide bonds. The van der Waals surface area contributed by atoms with Gasteiger partial charge in [-0.25, -0.2) is 0 Å². The maximum atomic E-state index is 12.1. The van der Waals surface area contributed by atoms with Gasteiger partial charge in [0.25, 0.3) is 0 Å². The minimum Gasteiger partial charge on any atom is -0.387 e. The van der Waals surface area contributed by atoms with Crippen molar-refractivity contribution in [1.29, 1.82) is 0 Å². The van der Waals surface area contributed by atoms with Crippen molar-refractivity contribution in [1.82, 2.24) is 5.16 Å². The Labute approximate surface area is 90.2 Å². The van der Waals surface area contributed by atoms with E-state index in [9.17, 15) is 18.3 Å². The van der Waals surface area contributed by atoms with E-state index in [-0.39, 0.29) is 11.3 Å². The number of alkyl halides is 3. The van der Waals surface area contributed by atoms with E-state index < -0.39 is 24.7 Å². The topological polar surface area (TPSA) is 72.3 Å². The second-order valence-electron chi connectivity index (χ2n) is 3.67. The van der Waals surface area contributed by atoms with Crippen LogP contribution in [0.2, 0.25) is 0 Å². The van der Waals surface area contributed by atoms with Crippen LogP contribution in [0, 0.1) is 13.8 Å². The summed E-state index contributed by atoms with van der Waals surface area (Å²) in [4.78, 5) is 0. The summed E-state index contributed by atoms with van der Waals surface area (Å²) in [6.45, 7) is 3.05. The van der Waals surface area contributed by atoms with E-state index in [4.69, 9.17) is 10.3 Å². The summed E-state index contributed by atoms with van der Waals surface area (Å²) >= 11 is 0. The lowest BCUT2D eigenvalue weighted by Gasteiger charge is -2.19. The van der Waals surface area contributed by atoms with Crippen LogP contribution in [0.15, 0.2) is 4.52 Å². The molecular weight excluding hydrogens is 225 g/mol. The van der Waals surface area contributed by atoms with E-state index in [1.807, 2.05) is 0 Å². The fourth-order valence-corrected chi connectivity index (χ4v) is 1.51. The highest BCUT2D eigenvalue weighted by Gasteiger charge is 2.35. The van der Waals surface area contributed by atoms with Crippen molar-refractivity contribution >= 4 is 0 Å². The molecule has 2 atom stereocenters. The highest BCUT2D eigenvalue weighted by atomic mass is 19.4. The quantitative estimate of drug-likeness (QED) is 0.839. The normalized spacial score (nSPS) is 16.2. The van der Waals surface area contributed by atoms with E-state index >= 15 is 0 Å². The molecule has 0 aromatic carbocycles. The molecule has 0 aliphatic heterocycles. The van der Waals surface area contributed by atoms with Gasteiger partial charge in [0.05, 0.1) is 18.2 Å². The standard InChI is InChI=1S/C9H13F3N2O2/c1-4-7(5(2)16-14-4)8(15)6(13)3-9(10,11)12/h6,8,15H,3,13H2,1-2H3. The molecule has 0 saturated heterocycles. The van der Waals surface area contributed by atoms with Gasteiger partial charge in [0.2, 0.25) is 0 Å². The average Bonchev–Trinajstić information content (AvgIpc) is 2.42. The van der Waals surface area contributed by atoms with Gasteiger partial charge >= 0.3 is 6.18 Å². The number of aryl methyl sites for hydroxylation is 2. The molecule has 1 aromatic heterocycles. The first kappa shape index (κ1) is 13.0. The summed E-state index contributed by atoms with van der Waals surface area (Å²) in [7, 11) is 0. The van der Waals surface area contributed by atoms with Crippen LogP contribution in [0.25, 0.3) is 0 Å². The Hall–Kier alpha value is -1.08. The predicted octanol–water partition coefficient (Wildman–Crippen LogP) is 1.60. The molecule has 3 N–H and O–H groups in total. The third-order valence-electron chi connectivity index (χ3n) is 2.26. The fourth-order valence-electron chi connectivity index (χ4n) is 1.51. The van der Waals surface area contributed by atoms with E-state index in [1.54, 1.807) is 0 Å². The lowest BCUT2D eigenvalue weighted by molar-refractivity contribution is -0.144. The maximum Gasteiger partial charge on any atom is 0.390 e. The number of nitrogens with two attached hydrogens (primary N) is 1. The van der Waals surface area contributed by atoms with Crippen molar-refractivity contribution in [3.8, 4) is 0 Å². The molecule has 0 spiro atoms. The van der Waals surface area contributed by atoms with Gasteiger partial charge in [-0.1, -0.05) is 5.16 Å². The lowest BCUT2D eigenvalue weighted by atomic mass is 9.99. The first-order chi connectivity index (χ1) is 7.22. The number of nitrogens with zero attached hydrogens (tertiary/aromatic N) is 1. The van der Waals surface area contributed by atoms with Gasteiger partial charge in [-0.3, -0.25) is 0 Å². The Balaban J connectivity index is 2.82. The van der Waals surface area contributed by atoms with E-state index in [0.29, 0.717) is 5.69 Å². The van der Waals surface area contributed by atoms with Crippen molar-refractivity contribution in [2.45, 2.75) is 38.6 Å². The minimum atomic E-state index is -4.40. The largest absolute Gasteiger partial charge is 0.390 e. The Morgan fingerprint density at radius 1 is 1.44 bits per heavy atom. The summed E-state index contributed by atoms with van der Waals surface area (Å²) in [5, 5.41) is 13.2. The second kappa shape index (κ2) is 4.42. The summed E-state index contributed by atoms with van der Waals surface area (Å²) in [6.07, 6.45) is -7.08. The van der Waals surface area contributed by atoms with Crippen LogP contribution in [-0.2, 0) is 0 Å². The Bertz CT molecular complexity index is 343. The smallest absolute Gasteiger partial charge is 0.387 e. The van der Waals surface area contributed by atoms with Gasteiger partial charge in [-0.15, -0.1) is 0 Å². The van der Waals surface area contributed by atoms with E-state index in [0.717, 1.165) is 0 Å². The SMILES string of the molecule is Cc1noc(C)c1C(O)C(N)CC(F)(F)F. The van der Waals surface area contributed by atoms with E-state index in [1.165, 1.54) is 13.8 Å². The van der Waals surface area contributed by atoms with Crippen molar-refractivity contribution in [3.63, 3.8) is 0 Å². The molecule has 0 radical (unpaired) electrons. The zero-order valence-corrected chi connectivity index (χ0v) is 8.88. The molecule has 0 aliphatic rings. The highest BCUT2D eigenvalue weighted by molar-refractivity contribution is 5.24. The van der Waals surface area contributed by atoms with Crippen LogP contribution in [0.5, 0.6) is 0 Å². The van der Waals surface area contributed by atoms with Crippen LogP contribution in [0.1, 0.15) is 29.5 Å². The number of halogens is 3. The summed E-state index contributed by atoms with van der Waals surface area (Å²) in [5.74, 6) is 0.280. The van der Waals surface area contributed by atoms with Crippen LogP contribution in [-0.4, -0.2) is 22.5 Å². The van der Waals surface area contributed by atoms with Gasteiger partial charge in [0, 0.05) is 11.6 Å². The molecule has 0 aliphatic carbocycles. The van der Waals surface area contributed by atoms with Crippen LogP contribution in [0.3, 0.4) is 0 Å². The van der Waals surface area contributed by atoms with Crippen LogP contribution < -0.4 is 5.73 Å². The van der Waals surface area contributed by atoms with Gasteiger partial charge in [-0.05, 0) is 13.8 Å². The van der Waals surface area contributed by atoms with E-state index in [2.05, 4.69) is 5.16 Å². The number of hydrogen-bond acceptors (Lipinski definition) is 4. The average molecular weight is 238 g/mol. The molecule has 0 bridgehead atoms. The van der Waals surface area contributed by atoms with Gasteiger partial charge in [0.15, 0.2) is 0 Å². The highest BCUT2D eigenvalue weighted by Crippen LogP contribution is 2.29. The molecule has 1 heterocycles. The monoisotopic (exact) mass is 238 g/mol. The van der Waals surface area contributed by atoms with Crippen molar-refractivity contribution in [2.75, 3.05) is 0 Å². The maximum absolute atomic E-state index is 12.1. The zero-order chi connectivity index (χ0) is 12.5. The molecule has 16 heavy (non-hydrogen) atoms. The number of aromatic nitrogens is 1. The van der Waals surface area contributed by atoms with Gasteiger partial charge < -0.3 is 15.4 Å². The number of aliphatic hydroxyl groups excluding tert-OH is 1. The van der Waals surface area contributed by atoms with Crippen LogP contribution >= 0.6 is 0 Å². The molecule has 0 saturated carbocycles. The second-order valence-corrected chi connectivity index (χ2v) is 3.67. The molecule has 1 rings (SSSR count). The van der Waals surface area contributed by atoms with Gasteiger partial charge in [0.1, 0.15) is 5.76 Å².